The van der Waals surface area contributed by atoms with Gasteiger partial charge in [0.15, 0.2) is 24.6 Å². The van der Waals surface area contributed by atoms with Gasteiger partial charge in [-0.05, 0) is 72.6 Å². The Hall–Kier alpha value is -9.85. The molecule has 1 fully saturated rings. The highest BCUT2D eigenvalue weighted by Gasteiger charge is 2.54. The van der Waals surface area contributed by atoms with Gasteiger partial charge in [0, 0.05) is 40.4 Å². The van der Waals surface area contributed by atoms with Crippen molar-refractivity contribution in [3.63, 3.8) is 0 Å². The van der Waals surface area contributed by atoms with E-state index in [9.17, 15) is 43.2 Å². The fraction of sp³-hybridized carbons (Fsp3) is 0.328. The summed E-state index contributed by atoms with van der Waals surface area (Å²) in [4.78, 5) is 130. The molecule has 24 heteroatoms. The highest BCUT2D eigenvalue weighted by Crippen LogP contribution is 2.32. The van der Waals surface area contributed by atoms with Gasteiger partial charge >= 0.3 is 23.9 Å². The third-order valence-corrected chi connectivity index (χ3v) is 14.0. The minimum Gasteiger partial charge on any atom is -0.467 e. The quantitative estimate of drug-likeness (QED) is 0.0232. The van der Waals surface area contributed by atoms with Gasteiger partial charge < -0.3 is 73.0 Å². The lowest BCUT2D eigenvalue weighted by Crippen LogP contribution is -2.63. The molecule has 0 bridgehead atoms. The molecule has 24 nitrogen and oxygen atoms in total. The molecule has 5 amide bonds. The van der Waals surface area contributed by atoms with E-state index in [2.05, 4.69) is 5.32 Å². The molecule has 1 aromatic heterocycles. The molecular formula is C67H74N6O18. The number of nitrogens with two attached hydrogens (primary N) is 1. The lowest BCUT2D eigenvalue weighted by atomic mass is 9.97. The summed E-state index contributed by atoms with van der Waals surface area (Å²) in [6.07, 6.45) is -3.35. The summed E-state index contributed by atoms with van der Waals surface area (Å²) in [5.74, 6) is -6.24. The minimum atomic E-state index is -1.69. The predicted octanol–water partition coefficient (Wildman–Crippen LogP) is 4.88. The number of nitrogens with one attached hydrogen (secondary N) is 1. The minimum absolute atomic E-state index is 0.00522. The Morgan fingerprint density at radius 2 is 1.00 bits per heavy atom. The van der Waals surface area contributed by atoms with Gasteiger partial charge in [-0.3, -0.25) is 24.0 Å². The SMILES string of the molecule is COCCNCC(=O)N(CC(=O)N(C/C=C/CCOC1O[C@H](COC(=O)c2ccccc2)[C@@H](OC(=O)c2ccccc2)[C@H](OC(=O)c2ccccc2)[C@@H]1OC(=O)c1ccccc1)CC(=O)N(CC(=O)N(CCOC)CC(N)=O)Cc1ccccc1)Cc1ccco1. The highest BCUT2D eigenvalue weighted by molar-refractivity contribution is 5.93. The smallest absolute Gasteiger partial charge is 0.338 e. The van der Waals surface area contributed by atoms with E-state index < -0.39 is 117 Å². The first kappa shape index (κ1) is 68.6. The second-order valence-electron chi connectivity index (χ2n) is 20.6. The number of carbonyl (C=O) groups is 9. The van der Waals surface area contributed by atoms with Crippen LogP contribution in [-0.4, -0.2) is 197 Å². The predicted molar refractivity (Wildman–Crippen MR) is 327 cm³/mol. The van der Waals surface area contributed by atoms with Crippen LogP contribution in [0.15, 0.2) is 187 Å². The van der Waals surface area contributed by atoms with Gasteiger partial charge in [0.25, 0.3) is 0 Å². The Kier molecular flexibility index (Phi) is 27.6. The first-order chi connectivity index (χ1) is 44.2. The van der Waals surface area contributed by atoms with Crippen LogP contribution in [0.1, 0.15) is 59.2 Å². The normalized spacial score (nSPS) is 16.0. The number of ether oxygens (including phenoxy) is 8. The fourth-order valence-electron chi connectivity index (χ4n) is 9.30. The molecule has 1 aliphatic rings. The van der Waals surface area contributed by atoms with Gasteiger partial charge in [0.1, 0.15) is 38.1 Å². The van der Waals surface area contributed by atoms with E-state index in [4.69, 9.17) is 48.0 Å². The number of amides is 5. The molecule has 0 saturated carbocycles. The van der Waals surface area contributed by atoms with Gasteiger partial charge in [0.05, 0.1) is 68.0 Å². The monoisotopic (exact) mass is 1250 g/mol. The maximum atomic E-state index is 14.7. The Balaban J connectivity index is 1.19. The largest absolute Gasteiger partial charge is 0.467 e. The summed E-state index contributed by atoms with van der Waals surface area (Å²) in [5, 5.41) is 3.00. The first-order valence-electron chi connectivity index (χ1n) is 29.3. The lowest BCUT2D eigenvalue weighted by molar-refractivity contribution is -0.298. The van der Waals surface area contributed by atoms with E-state index in [-0.39, 0.29) is 74.6 Å². The average Bonchev–Trinajstić information content (AvgIpc) is 1.00. The van der Waals surface area contributed by atoms with Crippen LogP contribution in [-0.2, 0) is 75.0 Å². The summed E-state index contributed by atoms with van der Waals surface area (Å²) in [6, 6.07) is 43.9. The third kappa shape index (κ3) is 22.0. The van der Waals surface area contributed by atoms with Crippen molar-refractivity contribution in [2.45, 2.75) is 50.2 Å². The Morgan fingerprint density at radius 3 is 1.54 bits per heavy atom. The highest BCUT2D eigenvalue weighted by atomic mass is 16.7. The van der Waals surface area contributed by atoms with E-state index in [1.165, 1.54) is 88.6 Å². The number of hydrogen-bond acceptors (Lipinski definition) is 19. The van der Waals surface area contributed by atoms with Crippen LogP contribution in [0.2, 0.25) is 0 Å². The van der Waals surface area contributed by atoms with Crippen molar-refractivity contribution >= 4 is 53.4 Å². The third-order valence-electron chi connectivity index (χ3n) is 14.0. The van der Waals surface area contributed by atoms with Crippen molar-refractivity contribution in [1.29, 1.82) is 0 Å². The number of esters is 4. The molecule has 1 saturated heterocycles. The molecule has 2 heterocycles. The van der Waals surface area contributed by atoms with Crippen molar-refractivity contribution in [3.05, 3.63) is 216 Å². The zero-order chi connectivity index (χ0) is 64.7. The summed E-state index contributed by atoms with van der Waals surface area (Å²) in [7, 11) is 2.94. The zero-order valence-corrected chi connectivity index (χ0v) is 50.5. The molecule has 0 radical (unpaired) electrons. The van der Waals surface area contributed by atoms with Crippen LogP contribution < -0.4 is 11.1 Å². The average molecular weight is 1250 g/mol. The number of nitrogens with zero attached hydrogens (tertiary/aromatic N) is 4. The van der Waals surface area contributed by atoms with Gasteiger partial charge in [-0.15, -0.1) is 0 Å². The molecule has 5 aromatic carbocycles. The molecule has 0 spiro atoms. The van der Waals surface area contributed by atoms with Crippen LogP contribution in [0.4, 0.5) is 0 Å². The topological polar surface area (TPSA) is 292 Å². The molecule has 6 aromatic rings. The number of primary amides is 1. The molecule has 0 aliphatic carbocycles. The molecule has 7 rings (SSSR count). The van der Waals surface area contributed by atoms with Gasteiger partial charge in [-0.25, -0.2) is 19.2 Å². The summed E-state index contributed by atoms with van der Waals surface area (Å²) >= 11 is 0. The maximum absolute atomic E-state index is 14.7. The van der Waals surface area contributed by atoms with Crippen LogP contribution in [0, 0.1) is 0 Å². The molecule has 480 valence electrons. The second kappa shape index (κ2) is 36.6. The van der Waals surface area contributed by atoms with Crippen molar-refractivity contribution in [3.8, 4) is 0 Å². The Morgan fingerprint density at radius 1 is 0.505 bits per heavy atom. The molecule has 3 N–H and O–H groups in total. The van der Waals surface area contributed by atoms with E-state index in [1.54, 1.807) is 127 Å². The summed E-state index contributed by atoms with van der Waals surface area (Å²) < 4.78 is 53.0. The zero-order valence-electron chi connectivity index (χ0n) is 50.5. The number of methoxy groups -OCH3 is 2. The maximum Gasteiger partial charge on any atom is 0.338 e. The second-order valence-corrected chi connectivity index (χ2v) is 20.6. The Bertz CT molecular complexity index is 3310. The number of furan rings is 1. The van der Waals surface area contributed by atoms with Crippen molar-refractivity contribution < 1.29 is 85.5 Å². The number of rotatable bonds is 35. The van der Waals surface area contributed by atoms with E-state index in [0.717, 1.165) is 0 Å². The van der Waals surface area contributed by atoms with Crippen molar-refractivity contribution in [2.75, 3.05) is 93.0 Å². The van der Waals surface area contributed by atoms with E-state index >= 15 is 0 Å². The van der Waals surface area contributed by atoms with E-state index in [0.29, 0.717) is 24.5 Å². The van der Waals surface area contributed by atoms with Crippen LogP contribution in [0.3, 0.4) is 0 Å². The van der Waals surface area contributed by atoms with Gasteiger partial charge in [0.2, 0.25) is 29.5 Å². The van der Waals surface area contributed by atoms with Gasteiger partial charge in [-0.2, -0.15) is 0 Å². The van der Waals surface area contributed by atoms with Crippen LogP contribution in [0.5, 0.6) is 0 Å². The standard InChI is InChI=1S/C67H74N6O18/c1-83-38-33-69-40-56(75)73(42-53-32-21-37-85-53)46-57(76)70(44-59(78)72(41-48-22-9-3-10-23-48)45-58(77)71(35-39-84-2)43-55(68)74)34-19-8-20-36-86-67-62(91-66(82)52-30-17-7-18-31-52)61(90-65(81)51-28-15-6-16-29-51)60(89-64(80)50-26-13-5-14-27-50)54(88-67)47-87-63(79)49-24-11-4-12-25-49/h3-19,21-32,37,54,60-62,67,69H,20,33-36,38-47H2,1-2H3,(H2,68,74)/b19-8+/t54-,60-,61+,62+,67?/m1/s1. The molecule has 1 aliphatic heterocycles. The lowest BCUT2D eigenvalue weighted by Gasteiger charge is -2.44. The van der Waals surface area contributed by atoms with Crippen molar-refractivity contribution in [2.24, 2.45) is 5.73 Å². The molecular weight excluding hydrogens is 1180 g/mol. The summed E-state index contributed by atoms with van der Waals surface area (Å²) in [6.45, 7) is -2.75. The van der Waals surface area contributed by atoms with E-state index in [1.807, 2.05) is 0 Å². The number of hydrogen-bond donors (Lipinski definition) is 2. The van der Waals surface area contributed by atoms with Crippen LogP contribution in [0.25, 0.3) is 0 Å². The summed E-state index contributed by atoms with van der Waals surface area (Å²) in [5.41, 5.74) is 6.65. The molecule has 91 heavy (non-hydrogen) atoms. The first-order valence-corrected chi connectivity index (χ1v) is 29.3. The number of carbonyl (C=O) groups excluding carboxylic acids is 9. The molecule has 1 unspecified atom stereocenters. The van der Waals surface area contributed by atoms with Crippen LogP contribution >= 0.6 is 0 Å². The Labute approximate surface area is 526 Å². The van der Waals surface area contributed by atoms with Gasteiger partial charge in [-0.1, -0.05) is 115 Å². The number of benzene rings is 5. The fourth-order valence-corrected chi connectivity index (χ4v) is 9.30. The molecule has 5 atom stereocenters. The van der Waals surface area contributed by atoms with Crippen molar-refractivity contribution in [1.82, 2.24) is 24.9 Å².